The number of hydrogen-bond donors (Lipinski definition) is 3. The first-order chi connectivity index (χ1) is 9.18. The number of rotatable bonds is 7. The molecule has 1 aliphatic carbocycles. The van der Waals surface area contributed by atoms with Crippen molar-refractivity contribution >= 4 is 6.03 Å². The minimum absolute atomic E-state index is 0.190. The molecule has 0 aromatic carbocycles. The highest BCUT2D eigenvalue weighted by atomic mass is 16.5. The van der Waals surface area contributed by atoms with E-state index in [0.717, 1.165) is 12.8 Å². The minimum atomic E-state index is -0.376. The predicted molar refractivity (Wildman–Crippen MR) is 75.1 cm³/mol. The van der Waals surface area contributed by atoms with E-state index in [1.54, 1.807) is 6.92 Å². The van der Waals surface area contributed by atoms with Crippen LogP contribution in [0.4, 0.5) is 4.79 Å². The molecule has 5 nitrogen and oxygen atoms in total. The van der Waals surface area contributed by atoms with Crippen molar-refractivity contribution in [1.82, 2.24) is 10.6 Å². The summed E-state index contributed by atoms with van der Waals surface area (Å²) in [6.07, 6.45) is 8.05. The van der Waals surface area contributed by atoms with E-state index in [4.69, 9.17) is 9.84 Å². The van der Waals surface area contributed by atoms with Gasteiger partial charge in [0.15, 0.2) is 0 Å². The maximum Gasteiger partial charge on any atom is 0.314 e. The van der Waals surface area contributed by atoms with E-state index in [0.29, 0.717) is 32.2 Å². The minimum Gasteiger partial charge on any atom is -0.393 e. The Hall–Kier alpha value is -0.810. The van der Waals surface area contributed by atoms with Crippen LogP contribution in [0, 0.1) is 0 Å². The van der Waals surface area contributed by atoms with Gasteiger partial charge in [-0.25, -0.2) is 4.79 Å². The summed E-state index contributed by atoms with van der Waals surface area (Å²) in [5, 5.41) is 14.5. The Kier molecular flexibility index (Phi) is 8.58. The summed E-state index contributed by atoms with van der Waals surface area (Å²) in [5.41, 5.74) is 0. The summed E-state index contributed by atoms with van der Waals surface area (Å²) >= 11 is 0. The highest BCUT2D eigenvalue weighted by Gasteiger charge is 2.12. The van der Waals surface area contributed by atoms with E-state index in [-0.39, 0.29) is 12.1 Å². The zero-order valence-electron chi connectivity index (χ0n) is 12.0. The molecule has 112 valence electrons. The van der Waals surface area contributed by atoms with Crippen molar-refractivity contribution in [1.29, 1.82) is 0 Å². The maximum atomic E-state index is 11.4. The van der Waals surface area contributed by atoms with Crippen molar-refractivity contribution < 1.29 is 14.6 Å². The Morgan fingerprint density at radius 2 is 1.84 bits per heavy atom. The zero-order valence-corrected chi connectivity index (χ0v) is 12.0. The first-order valence-electron chi connectivity index (χ1n) is 7.50. The van der Waals surface area contributed by atoms with Gasteiger partial charge in [0.25, 0.3) is 0 Å². The fourth-order valence-corrected chi connectivity index (χ4v) is 2.26. The first-order valence-corrected chi connectivity index (χ1v) is 7.50. The van der Waals surface area contributed by atoms with Crippen LogP contribution in [0.5, 0.6) is 0 Å². The second-order valence-electron chi connectivity index (χ2n) is 5.30. The molecule has 0 aliphatic heterocycles. The van der Waals surface area contributed by atoms with Crippen molar-refractivity contribution in [3.8, 4) is 0 Å². The summed E-state index contributed by atoms with van der Waals surface area (Å²) in [6, 6.07) is -0.190. The quantitative estimate of drug-likeness (QED) is 0.489. The van der Waals surface area contributed by atoms with Crippen LogP contribution in [0.3, 0.4) is 0 Å². The van der Waals surface area contributed by atoms with Crippen molar-refractivity contribution in [2.75, 3.05) is 19.7 Å². The van der Waals surface area contributed by atoms with Gasteiger partial charge in [0.05, 0.1) is 18.8 Å². The van der Waals surface area contributed by atoms with E-state index in [9.17, 15) is 4.79 Å². The van der Waals surface area contributed by atoms with Crippen LogP contribution in [0.15, 0.2) is 0 Å². The van der Waals surface area contributed by atoms with Gasteiger partial charge in [0.1, 0.15) is 0 Å². The zero-order chi connectivity index (χ0) is 13.9. The molecule has 0 heterocycles. The lowest BCUT2D eigenvalue weighted by molar-refractivity contribution is 0.0460. The van der Waals surface area contributed by atoms with Crippen molar-refractivity contribution in [2.24, 2.45) is 0 Å². The molecule has 0 bridgehead atoms. The van der Waals surface area contributed by atoms with Gasteiger partial charge in [-0.05, 0) is 26.2 Å². The molecular formula is C14H28N2O3. The molecule has 3 N–H and O–H groups in total. The summed E-state index contributed by atoms with van der Waals surface area (Å²) in [4.78, 5) is 11.4. The molecule has 1 aliphatic rings. The summed E-state index contributed by atoms with van der Waals surface area (Å²) in [7, 11) is 0. The number of nitrogens with one attached hydrogen (secondary N) is 2. The van der Waals surface area contributed by atoms with Gasteiger partial charge in [-0.2, -0.15) is 0 Å². The molecule has 0 radical (unpaired) electrons. The molecule has 19 heavy (non-hydrogen) atoms. The van der Waals surface area contributed by atoms with Crippen LogP contribution in [0.1, 0.15) is 51.9 Å². The highest BCUT2D eigenvalue weighted by Crippen LogP contribution is 2.19. The topological polar surface area (TPSA) is 70.6 Å². The normalized spacial score (nSPS) is 18.6. The third kappa shape index (κ3) is 8.83. The fourth-order valence-electron chi connectivity index (χ4n) is 2.26. The Bertz CT molecular complexity index is 239. The molecule has 1 saturated carbocycles. The lowest BCUT2D eigenvalue weighted by Crippen LogP contribution is -2.38. The number of carbonyl (C=O) groups is 1. The van der Waals surface area contributed by atoms with Gasteiger partial charge in [0, 0.05) is 13.1 Å². The third-order valence-electron chi connectivity index (χ3n) is 3.39. The lowest BCUT2D eigenvalue weighted by Gasteiger charge is -2.15. The van der Waals surface area contributed by atoms with Crippen molar-refractivity contribution in [3.63, 3.8) is 0 Å². The monoisotopic (exact) mass is 272 g/mol. The van der Waals surface area contributed by atoms with Crippen LogP contribution >= 0.6 is 0 Å². The molecule has 1 fully saturated rings. The fraction of sp³-hybridized carbons (Fsp3) is 0.929. The number of hydrogen-bond acceptors (Lipinski definition) is 3. The Labute approximate surface area is 116 Å². The molecule has 5 heteroatoms. The smallest absolute Gasteiger partial charge is 0.314 e. The maximum absolute atomic E-state index is 11.4. The van der Waals surface area contributed by atoms with Gasteiger partial charge < -0.3 is 20.5 Å². The molecular weight excluding hydrogens is 244 g/mol. The SMILES string of the molecule is CC(O)CCNC(=O)NCCOC1CCCCCC1. The van der Waals surface area contributed by atoms with E-state index in [1.165, 1.54) is 25.7 Å². The van der Waals surface area contributed by atoms with Crippen molar-refractivity contribution in [3.05, 3.63) is 0 Å². The Morgan fingerprint density at radius 3 is 2.47 bits per heavy atom. The van der Waals surface area contributed by atoms with Crippen LogP contribution < -0.4 is 10.6 Å². The van der Waals surface area contributed by atoms with Crippen LogP contribution in [-0.4, -0.2) is 43.0 Å². The molecule has 0 aromatic heterocycles. The summed E-state index contributed by atoms with van der Waals surface area (Å²) in [5.74, 6) is 0. The highest BCUT2D eigenvalue weighted by molar-refractivity contribution is 5.73. The average Bonchev–Trinajstić information content (AvgIpc) is 2.63. The van der Waals surface area contributed by atoms with Crippen molar-refractivity contribution in [2.45, 2.75) is 64.1 Å². The largest absolute Gasteiger partial charge is 0.393 e. The molecule has 0 aromatic rings. The van der Waals surface area contributed by atoms with E-state index < -0.39 is 0 Å². The number of aliphatic hydroxyl groups excluding tert-OH is 1. The van der Waals surface area contributed by atoms with Crippen LogP contribution in [-0.2, 0) is 4.74 Å². The Morgan fingerprint density at radius 1 is 1.21 bits per heavy atom. The van der Waals surface area contributed by atoms with Crippen LogP contribution in [0.25, 0.3) is 0 Å². The van der Waals surface area contributed by atoms with E-state index >= 15 is 0 Å². The first kappa shape index (κ1) is 16.2. The lowest BCUT2D eigenvalue weighted by atomic mass is 10.1. The number of aliphatic hydroxyl groups is 1. The van der Waals surface area contributed by atoms with Gasteiger partial charge in [-0.15, -0.1) is 0 Å². The molecule has 1 atom stereocenters. The standard InChI is InChI=1S/C14H28N2O3/c1-12(17)8-9-15-14(18)16-10-11-19-13-6-4-2-3-5-7-13/h12-13,17H,2-11H2,1H3,(H2,15,16,18). The molecule has 0 saturated heterocycles. The molecule has 1 unspecified atom stereocenters. The Balaban J connectivity index is 1.95. The second kappa shape index (κ2) is 10.0. The average molecular weight is 272 g/mol. The predicted octanol–water partition coefficient (Wildman–Crippen LogP) is 1.80. The molecule has 0 spiro atoms. The number of amides is 2. The summed E-state index contributed by atoms with van der Waals surface area (Å²) in [6.45, 7) is 3.32. The summed E-state index contributed by atoms with van der Waals surface area (Å²) < 4.78 is 5.77. The van der Waals surface area contributed by atoms with E-state index in [2.05, 4.69) is 10.6 Å². The molecule has 1 rings (SSSR count). The van der Waals surface area contributed by atoms with E-state index in [1.807, 2.05) is 0 Å². The van der Waals surface area contributed by atoms with Gasteiger partial charge in [-0.1, -0.05) is 25.7 Å². The number of ether oxygens (including phenoxy) is 1. The second-order valence-corrected chi connectivity index (χ2v) is 5.30. The number of carbonyl (C=O) groups excluding carboxylic acids is 1. The van der Waals surface area contributed by atoms with Gasteiger partial charge in [0.2, 0.25) is 0 Å². The van der Waals surface area contributed by atoms with Gasteiger partial charge in [-0.3, -0.25) is 0 Å². The van der Waals surface area contributed by atoms with Gasteiger partial charge >= 0.3 is 6.03 Å². The van der Waals surface area contributed by atoms with Crippen LogP contribution in [0.2, 0.25) is 0 Å². The third-order valence-corrected chi connectivity index (χ3v) is 3.39. The number of urea groups is 1. The molecule has 2 amide bonds.